The summed E-state index contributed by atoms with van der Waals surface area (Å²) < 4.78 is 5.13. The zero-order valence-electron chi connectivity index (χ0n) is 17.0. The number of nitrogens with zero attached hydrogens (tertiary/aromatic N) is 1. The molecule has 30 heavy (non-hydrogen) atoms. The first-order chi connectivity index (χ1) is 14.0. The SMILES string of the molecule is CC(C)(C)OC(=O)CNC(=O)Nc1cccc2c1CN(C1CCC(=O)NC1=O)C2=O. The standard InChI is InChI=1S/C20H24N4O6/c1-20(2,3)30-16(26)9-21-19(29)22-13-6-4-5-11-12(13)10-24(18(11)28)14-7-8-15(25)23-17(14)27/h4-6,14H,7-10H2,1-3H3,(H2,21,22,29)(H,23,25,27). The Balaban J connectivity index is 1.66. The largest absolute Gasteiger partial charge is 0.459 e. The van der Waals surface area contributed by atoms with E-state index in [2.05, 4.69) is 16.0 Å². The van der Waals surface area contributed by atoms with Crippen LogP contribution in [0.1, 0.15) is 49.5 Å². The summed E-state index contributed by atoms with van der Waals surface area (Å²) in [6.45, 7) is 5.00. The van der Waals surface area contributed by atoms with Crippen LogP contribution in [0.3, 0.4) is 0 Å². The van der Waals surface area contributed by atoms with Gasteiger partial charge in [0, 0.05) is 29.8 Å². The number of rotatable bonds is 4. The van der Waals surface area contributed by atoms with Gasteiger partial charge in [-0.1, -0.05) is 6.07 Å². The molecule has 0 radical (unpaired) electrons. The second-order valence-electron chi connectivity index (χ2n) is 8.13. The summed E-state index contributed by atoms with van der Waals surface area (Å²) in [7, 11) is 0. The van der Waals surface area contributed by atoms with Crippen LogP contribution < -0.4 is 16.0 Å². The molecule has 10 heteroatoms. The second-order valence-corrected chi connectivity index (χ2v) is 8.13. The van der Waals surface area contributed by atoms with Gasteiger partial charge in [0.15, 0.2) is 0 Å². The Kier molecular flexibility index (Phi) is 5.77. The summed E-state index contributed by atoms with van der Waals surface area (Å²) in [6.07, 6.45) is 0.415. The van der Waals surface area contributed by atoms with Crippen molar-refractivity contribution in [3.05, 3.63) is 29.3 Å². The van der Waals surface area contributed by atoms with Gasteiger partial charge in [-0.2, -0.15) is 0 Å². The van der Waals surface area contributed by atoms with Crippen LogP contribution in [0.4, 0.5) is 10.5 Å². The van der Waals surface area contributed by atoms with Gasteiger partial charge in [0.05, 0.1) is 0 Å². The lowest BCUT2D eigenvalue weighted by atomic mass is 10.0. The summed E-state index contributed by atoms with van der Waals surface area (Å²) in [5.41, 5.74) is 0.691. The molecule has 3 rings (SSSR count). The highest BCUT2D eigenvalue weighted by Crippen LogP contribution is 2.32. The Morgan fingerprint density at radius 1 is 1.23 bits per heavy atom. The van der Waals surface area contributed by atoms with E-state index >= 15 is 0 Å². The molecular formula is C20H24N4O6. The first-order valence-corrected chi connectivity index (χ1v) is 9.58. The maximum Gasteiger partial charge on any atom is 0.325 e. The first kappa shape index (κ1) is 21.3. The number of piperidine rings is 1. The molecule has 1 aromatic carbocycles. The highest BCUT2D eigenvalue weighted by Gasteiger charge is 2.39. The molecule has 10 nitrogen and oxygen atoms in total. The van der Waals surface area contributed by atoms with Gasteiger partial charge in [0.2, 0.25) is 11.8 Å². The van der Waals surface area contributed by atoms with E-state index in [0.29, 0.717) is 16.8 Å². The van der Waals surface area contributed by atoms with Gasteiger partial charge < -0.3 is 20.3 Å². The van der Waals surface area contributed by atoms with Gasteiger partial charge in [-0.25, -0.2) is 4.79 Å². The number of fused-ring (bicyclic) bond motifs is 1. The van der Waals surface area contributed by atoms with Crippen molar-refractivity contribution in [2.75, 3.05) is 11.9 Å². The van der Waals surface area contributed by atoms with Crippen molar-refractivity contribution in [3.8, 4) is 0 Å². The van der Waals surface area contributed by atoms with Crippen molar-refractivity contribution in [2.24, 2.45) is 0 Å². The number of ether oxygens (including phenoxy) is 1. The van der Waals surface area contributed by atoms with Crippen LogP contribution in [0.25, 0.3) is 0 Å². The van der Waals surface area contributed by atoms with Gasteiger partial charge in [0.25, 0.3) is 5.91 Å². The number of nitrogens with one attached hydrogen (secondary N) is 3. The summed E-state index contributed by atoms with van der Waals surface area (Å²) in [5.74, 6) is -1.77. The van der Waals surface area contributed by atoms with Crippen molar-refractivity contribution < 1.29 is 28.7 Å². The summed E-state index contributed by atoms with van der Waals surface area (Å²) >= 11 is 0. The van der Waals surface area contributed by atoms with Crippen LogP contribution in [-0.4, -0.2) is 52.8 Å². The lowest BCUT2D eigenvalue weighted by molar-refractivity contribution is -0.153. The van der Waals surface area contributed by atoms with E-state index in [1.807, 2.05) is 0 Å². The van der Waals surface area contributed by atoms with Crippen molar-refractivity contribution >= 4 is 35.4 Å². The van der Waals surface area contributed by atoms with Crippen LogP contribution in [0.5, 0.6) is 0 Å². The van der Waals surface area contributed by atoms with Gasteiger partial charge in [-0.05, 0) is 39.3 Å². The van der Waals surface area contributed by atoms with Crippen LogP contribution in [-0.2, 0) is 25.7 Å². The molecule has 1 unspecified atom stereocenters. The summed E-state index contributed by atoms with van der Waals surface area (Å²) in [4.78, 5) is 61.6. The van der Waals surface area contributed by atoms with Gasteiger partial charge in [-0.15, -0.1) is 0 Å². The Bertz CT molecular complexity index is 920. The number of hydrogen-bond acceptors (Lipinski definition) is 6. The van der Waals surface area contributed by atoms with Gasteiger partial charge in [0.1, 0.15) is 18.2 Å². The normalized spacial score (nSPS) is 18.6. The maximum absolute atomic E-state index is 12.8. The maximum atomic E-state index is 12.8. The predicted octanol–water partition coefficient (Wildman–Crippen LogP) is 0.911. The third kappa shape index (κ3) is 4.76. The fraction of sp³-hybridized carbons (Fsp3) is 0.450. The number of anilines is 1. The quantitative estimate of drug-likeness (QED) is 0.493. The molecule has 1 atom stereocenters. The molecule has 1 saturated heterocycles. The van der Waals surface area contributed by atoms with Crippen LogP contribution >= 0.6 is 0 Å². The number of amides is 5. The lowest BCUT2D eigenvalue weighted by Gasteiger charge is -2.29. The van der Waals surface area contributed by atoms with Crippen LogP contribution in [0.2, 0.25) is 0 Å². The third-order valence-electron chi connectivity index (χ3n) is 4.64. The van der Waals surface area contributed by atoms with E-state index in [0.717, 1.165) is 0 Å². The molecule has 160 valence electrons. The Labute approximate surface area is 173 Å². The molecule has 1 aromatic rings. The molecule has 0 saturated carbocycles. The molecule has 5 amide bonds. The topological polar surface area (TPSA) is 134 Å². The molecule has 0 bridgehead atoms. The Morgan fingerprint density at radius 2 is 1.97 bits per heavy atom. The Morgan fingerprint density at radius 3 is 2.63 bits per heavy atom. The molecular weight excluding hydrogens is 392 g/mol. The van der Waals surface area contributed by atoms with E-state index < -0.39 is 29.6 Å². The zero-order valence-corrected chi connectivity index (χ0v) is 17.0. The lowest BCUT2D eigenvalue weighted by Crippen LogP contribution is -2.52. The average Bonchev–Trinajstić information content (AvgIpc) is 2.97. The molecule has 0 spiro atoms. The Hall–Kier alpha value is -3.43. The van der Waals surface area contributed by atoms with E-state index in [-0.39, 0.29) is 37.7 Å². The van der Waals surface area contributed by atoms with Gasteiger partial charge in [-0.3, -0.25) is 24.5 Å². The van der Waals surface area contributed by atoms with Crippen molar-refractivity contribution in [2.45, 2.75) is 51.8 Å². The van der Waals surface area contributed by atoms with Crippen molar-refractivity contribution in [1.82, 2.24) is 15.5 Å². The van der Waals surface area contributed by atoms with E-state index in [4.69, 9.17) is 4.74 Å². The van der Waals surface area contributed by atoms with Crippen molar-refractivity contribution in [3.63, 3.8) is 0 Å². The van der Waals surface area contributed by atoms with Crippen LogP contribution in [0, 0.1) is 0 Å². The highest BCUT2D eigenvalue weighted by atomic mass is 16.6. The second kappa shape index (κ2) is 8.13. The minimum Gasteiger partial charge on any atom is -0.459 e. The minimum atomic E-state index is -0.739. The predicted molar refractivity (Wildman–Crippen MR) is 105 cm³/mol. The zero-order chi connectivity index (χ0) is 22.1. The van der Waals surface area contributed by atoms with E-state index in [1.54, 1.807) is 39.0 Å². The fourth-order valence-corrected chi connectivity index (χ4v) is 3.40. The number of esters is 1. The number of carbonyl (C=O) groups excluding carboxylic acids is 5. The number of carbonyl (C=O) groups is 5. The third-order valence-corrected chi connectivity index (χ3v) is 4.64. The molecule has 2 aliphatic heterocycles. The van der Waals surface area contributed by atoms with E-state index in [9.17, 15) is 24.0 Å². The fourth-order valence-electron chi connectivity index (χ4n) is 3.40. The number of urea groups is 1. The molecule has 0 aromatic heterocycles. The first-order valence-electron chi connectivity index (χ1n) is 9.58. The van der Waals surface area contributed by atoms with Crippen molar-refractivity contribution in [1.29, 1.82) is 0 Å². The number of hydrogen-bond donors (Lipinski definition) is 3. The number of imide groups is 1. The molecule has 3 N–H and O–H groups in total. The minimum absolute atomic E-state index is 0.128. The molecule has 0 aliphatic carbocycles. The molecule has 2 aliphatic rings. The van der Waals surface area contributed by atoms with E-state index in [1.165, 1.54) is 4.90 Å². The summed E-state index contributed by atoms with van der Waals surface area (Å²) in [5, 5.41) is 7.30. The average molecular weight is 416 g/mol. The monoisotopic (exact) mass is 416 g/mol. The highest BCUT2D eigenvalue weighted by molar-refractivity contribution is 6.06. The smallest absolute Gasteiger partial charge is 0.325 e. The molecule has 2 heterocycles. The van der Waals surface area contributed by atoms with Crippen LogP contribution in [0.15, 0.2) is 18.2 Å². The molecule has 1 fully saturated rings. The van der Waals surface area contributed by atoms with Gasteiger partial charge >= 0.3 is 12.0 Å². The number of benzene rings is 1. The summed E-state index contributed by atoms with van der Waals surface area (Å²) in [6, 6.07) is 3.51.